The third kappa shape index (κ3) is 4.18. The van der Waals surface area contributed by atoms with Crippen LogP contribution in [0.4, 0.5) is 0 Å². The van der Waals surface area contributed by atoms with Crippen LogP contribution in [-0.4, -0.2) is 16.3 Å². The predicted molar refractivity (Wildman–Crippen MR) is 88.4 cm³/mol. The van der Waals surface area contributed by atoms with E-state index in [9.17, 15) is 0 Å². The molecule has 2 rings (SSSR count). The van der Waals surface area contributed by atoms with E-state index in [0.29, 0.717) is 18.5 Å². The lowest BCUT2D eigenvalue weighted by atomic mass is 9.93. The molecule has 1 aromatic carbocycles. The van der Waals surface area contributed by atoms with Crippen molar-refractivity contribution in [3.8, 4) is 0 Å². The van der Waals surface area contributed by atoms with Crippen molar-refractivity contribution in [2.24, 2.45) is 11.7 Å². The first-order chi connectivity index (χ1) is 10.1. The molecule has 3 nitrogen and oxygen atoms in total. The molecule has 2 unspecified atom stereocenters. The summed E-state index contributed by atoms with van der Waals surface area (Å²) in [6.45, 7) is 7.25. The van der Waals surface area contributed by atoms with Crippen molar-refractivity contribution in [2.75, 3.05) is 6.54 Å². The fraction of sp³-hybridized carbons (Fsp3) is 0.500. The average Bonchev–Trinajstić information content (AvgIpc) is 2.96. The van der Waals surface area contributed by atoms with E-state index < -0.39 is 0 Å². The van der Waals surface area contributed by atoms with E-state index in [1.165, 1.54) is 11.1 Å². The highest BCUT2D eigenvalue weighted by Gasteiger charge is 2.13. The van der Waals surface area contributed by atoms with Crippen molar-refractivity contribution in [1.82, 2.24) is 9.78 Å². The molecule has 21 heavy (non-hydrogen) atoms. The summed E-state index contributed by atoms with van der Waals surface area (Å²) in [6.07, 6.45) is 5.17. The third-order valence-electron chi connectivity index (χ3n) is 4.31. The molecule has 0 aliphatic heterocycles. The van der Waals surface area contributed by atoms with E-state index in [2.05, 4.69) is 62.0 Å². The van der Waals surface area contributed by atoms with Crippen LogP contribution in [0.25, 0.3) is 0 Å². The van der Waals surface area contributed by atoms with Gasteiger partial charge in [0.05, 0.1) is 5.69 Å². The highest BCUT2D eigenvalue weighted by Crippen LogP contribution is 2.17. The van der Waals surface area contributed by atoms with Crippen LogP contribution < -0.4 is 5.73 Å². The molecule has 0 amide bonds. The highest BCUT2D eigenvalue weighted by molar-refractivity contribution is 5.26. The Labute approximate surface area is 128 Å². The minimum absolute atomic E-state index is 0.450. The van der Waals surface area contributed by atoms with Crippen LogP contribution in [0.1, 0.15) is 43.1 Å². The van der Waals surface area contributed by atoms with Gasteiger partial charge < -0.3 is 5.73 Å². The van der Waals surface area contributed by atoms with E-state index in [0.717, 1.165) is 25.0 Å². The number of rotatable bonds is 7. The lowest BCUT2D eigenvalue weighted by Crippen LogP contribution is -2.20. The van der Waals surface area contributed by atoms with E-state index >= 15 is 0 Å². The summed E-state index contributed by atoms with van der Waals surface area (Å²) < 4.78 is 2.07. The fourth-order valence-electron chi connectivity index (χ4n) is 2.60. The number of aromatic nitrogens is 2. The van der Waals surface area contributed by atoms with Gasteiger partial charge in [-0.15, -0.1) is 0 Å². The van der Waals surface area contributed by atoms with Crippen LogP contribution in [-0.2, 0) is 12.8 Å². The Bertz CT molecular complexity index is 559. The molecule has 0 aliphatic rings. The van der Waals surface area contributed by atoms with Gasteiger partial charge in [0.25, 0.3) is 0 Å². The molecule has 2 atom stereocenters. The SMILES string of the molecule is CCC(C)n1ccc(CC(CN)Cc2ccccc2C)n1. The van der Waals surface area contributed by atoms with Crippen molar-refractivity contribution >= 4 is 0 Å². The van der Waals surface area contributed by atoms with Gasteiger partial charge in [-0.05, 0) is 62.8 Å². The molecule has 2 N–H and O–H groups in total. The summed E-state index contributed by atoms with van der Waals surface area (Å²) in [7, 11) is 0. The van der Waals surface area contributed by atoms with Gasteiger partial charge >= 0.3 is 0 Å². The van der Waals surface area contributed by atoms with Gasteiger partial charge in [-0.25, -0.2) is 0 Å². The number of hydrogen-bond acceptors (Lipinski definition) is 2. The zero-order valence-electron chi connectivity index (χ0n) is 13.4. The zero-order valence-corrected chi connectivity index (χ0v) is 13.4. The normalized spacial score (nSPS) is 14.1. The van der Waals surface area contributed by atoms with E-state index in [-0.39, 0.29) is 0 Å². The smallest absolute Gasteiger partial charge is 0.0628 e. The lowest BCUT2D eigenvalue weighted by Gasteiger charge is -2.15. The van der Waals surface area contributed by atoms with E-state index in [1.54, 1.807) is 0 Å². The van der Waals surface area contributed by atoms with Gasteiger partial charge in [-0.3, -0.25) is 4.68 Å². The monoisotopic (exact) mass is 285 g/mol. The summed E-state index contributed by atoms with van der Waals surface area (Å²) in [5, 5.41) is 4.69. The first kappa shape index (κ1) is 15.8. The topological polar surface area (TPSA) is 43.8 Å². The van der Waals surface area contributed by atoms with Crippen molar-refractivity contribution in [3.63, 3.8) is 0 Å². The summed E-state index contributed by atoms with van der Waals surface area (Å²) in [4.78, 5) is 0. The number of nitrogens with zero attached hydrogens (tertiary/aromatic N) is 2. The molecular formula is C18H27N3. The Morgan fingerprint density at radius 3 is 2.62 bits per heavy atom. The quantitative estimate of drug-likeness (QED) is 0.846. The maximum Gasteiger partial charge on any atom is 0.0628 e. The van der Waals surface area contributed by atoms with Crippen LogP contribution in [0.15, 0.2) is 36.5 Å². The summed E-state index contributed by atoms with van der Waals surface area (Å²) in [5.74, 6) is 0.450. The van der Waals surface area contributed by atoms with Crippen LogP contribution in [0.5, 0.6) is 0 Å². The molecule has 1 heterocycles. The number of hydrogen-bond donors (Lipinski definition) is 1. The largest absolute Gasteiger partial charge is 0.330 e. The number of aryl methyl sites for hydroxylation is 1. The predicted octanol–water partition coefficient (Wildman–Crippen LogP) is 3.52. The minimum Gasteiger partial charge on any atom is -0.330 e. The Kier molecular flexibility index (Phi) is 5.57. The Balaban J connectivity index is 2.02. The van der Waals surface area contributed by atoms with Crippen molar-refractivity contribution < 1.29 is 0 Å². The van der Waals surface area contributed by atoms with Gasteiger partial charge in [-0.2, -0.15) is 5.10 Å². The maximum atomic E-state index is 5.98. The molecule has 0 saturated carbocycles. The second kappa shape index (κ2) is 7.41. The van der Waals surface area contributed by atoms with E-state index in [1.807, 2.05) is 0 Å². The second-order valence-corrected chi connectivity index (χ2v) is 5.98. The van der Waals surface area contributed by atoms with Gasteiger partial charge in [0.15, 0.2) is 0 Å². The molecule has 2 aromatic rings. The Hall–Kier alpha value is -1.61. The molecule has 0 saturated heterocycles. The van der Waals surface area contributed by atoms with Gasteiger partial charge in [-0.1, -0.05) is 31.2 Å². The van der Waals surface area contributed by atoms with Crippen LogP contribution >= 0.6 is 0 Å². The molecule has 0 radical (unpaired) electrons. The summed E-state index contributed by atoms with van der Waals surface area (Å²) >= 11 is 0. The van der Waals surface area contributed by atoms with Gasteiger partial charge in [0, 0.05) is 12.2 Å². The zero-order chi connectivity index (χ0) is 15.2. The third-order valence-corrected chi connectivity index (χ3v) is 4.31. The fourth-order valence-corrected chi connectivity index (χ4v) is 2.60. The van der Waals surface area contributed by atoms with Crippen molar-refractivity contribution in [2.45, 2.75) is 46.1 Å². The lowest BCUT2D eigenvalue weighted by molar-refractivity contribution is 0.463. The Morgan fingerprint density at radius 1 is 1.19 bits per heavy atom. The minimum atomic E-state index is 0.450. The van der Waals surface area contributed by atoms with Crippen LogP contribution in [0, 0.1) is 12.8 Å². The second-order valence-electron chi connectivity index (χ2n) is 5.98. The number of benzene rings is 1. The molecule has 0 spiro atoms. The average molecular weight is 285 g/mol. The molecule has 0 aliphatic carbocycles. The van der Waals surface area contributed by atoms with Crippen molar-refractivity contribution in [1.29, 1.82) is 0 Å². The summed E-state index contributed by atoms with van der Waals surface area (Å²) in [5.41, 5.74) is 9.87. The summed E-state index contributed by atoms with van der Waals surface area (Å²) in [6, 6.07) is 11.2. The molecular weight excluding hydrogens is 258 g/mol. The first-order valence-electron chi connectivity index (χ1n) is 7.92. The molecule has 0 fully saturated rings. The molecule has 3 heteroatoms. The maximum absolute atomic E-state index is 5.98. The standard InChI is InChI=1S/C18H27N3/c1-4-15(3)21-10-9-18(20-21)12-16(13-19)11-17-8-6-5-7-14(17)2/h5-10,15-16H,4,11-13,19H2,1-3H3. The Morgan fingerprint density at radius 2 is 1.95 bits per heavy atom. The van der Waals surface area contributed by atoms with Crippen LogP contribution in [0.2, 0.25) is 0 Å². The molecule has 1 aromatic heterocycles. The first-order valence-corrected chi connectivity index (χ1v) is 7.92. The number of nitrogens with two attached hydrogens (primary N) is 1. The van der Waals surface area contributed by atoms with E-state index in [4.69, 9.17) is 10.8 Å². The van der Waals surface area contributed by atoms with Gasteiger partial charge in [0.1, 0.15) is 0 Å². The van der Waals surface area contributed by atoms with Gasteiger partial charge in [0.2, 0.25) is 0 Å². The van der Waals surface area contributed by atoms with Crippen molar-refractivity contribution in [3.05, 3.63) is 53.3 Å². The highest BCUT2D eigenvalue weighted by atomic mass is 15.3. The van der Waals surface area contributed by atoms with Crippen LogP contribution in [0.3, 0.4) is 0 Å². The molecule has 114 valence electrons. The molecule has 0 bridgehead atoms.